The molecule has 0 aliphatic carbocycles. The average Bonchev–Trinajstić information content (AvgIpc) is 2.27. The van der Waals surface area contributed by atoms with Gasteiger partial charge in [0.15, 0.2) is 0 Å². The van der Waals surface area contributed by atoms with E-state index >= 15 is 0 Å². The fraction of sp³-hybridized carbons (Fsp3) is 0.500. The van der Waals surface area contributed by atoms with E-state index in [1.54, 1.807) is 24.3 Å². The summed E-state index contributed by atoms with van der Waals surface area (Å²) in [6, 6.07) is 6.76. The van der Waals surface area contributed by atoms with Crippen LogP contribution in [0.5, 0.6) is 0 Å². The number of nitrogens with one attached hydrogen (secondary N) is 1. The van der Waals surface area contributed by atoms with Crippen molar-refractivity contribution in [2.24, 2.45) is 5.41 Å². The molecular weight excluding hydrogens is 258 g/mol. The maximum Gasteiger partial charge on any atom is 0.240 e. The van der Waals surface area contributed by atoms with Crippen molar-refractivity contribution < 1.29 is 8.42 Å². The lowest BCUT2D eigenvalue weighted by Gasteiger charge is -2.21. The highest BCUT2D eigenvalue weighted by molar-refractivity contribution is 7.89. The van der Waals surface area contributed by atoms with Gasteiger partial charge in [0.2, 0.25) is 10.0 Å². The summed E-state index contributed by atoms with van der Waals surface area (Å²) in [6.07, 6.45) is 0. The Hall–Kier alpha value is -0.580. The van der Waals surface area contributed by atoms with Crippen LogP contribution in [-0.2, 0) is 10.0 Å². The highest BCUT2D eigenvalue weighted by atomic mass is 35.5. The minimum atomic E-state index is -3.43. The quantitative estimate of drug-likeness (QED) is 0.840. The molecule has 0 spiro atoms. The molecule has 5 heteroatoms. The van der Waals surface area contributed by atoms with Crippen LogP contribution in [-0.4, -0.2) is 20.8 Å². The van der Waals surface area contributed by atoms with Crippen LogP contribution >= 0.6 is 11.6 Å². The van der Waals surface area contributed by atoms with Crippen LogP contribution in [0.4, 0.5) is 0 Å². The SMILES string of the molecule is Cc1ccc(S(=O)(=O)NCC(C)(C)CCl)cc1. The van der Waals surface area contributed by atoms with Crippen molar-refractivity contribution in [3.05, 3.63) is 29.8 Å². The standard InChI is InChI=1S/C12H18ClNO2S/c1-10-4-6-11(7-5-10)17(15,16)14-9-12(2,3)8-13/h4-7,14H,8-9H2,1-3H3. The average molecular weight is 276 g/mol. The molecule has 0 aromatic heterocycles. The van der Waals surface area contributed by atoms with Gasteiger partial charge in [-0.05, 0) is 24.5 Å². The number of benzene rings is 1. The topological polar surface area (TPSA) is 46.2 Å². The van der Waals surface area contributed by atoms with Crippen molar-refractivity contribution in [1.82, 2.24) is 4.72 Å². The molecule has 1 aromatic rings. The van der Waals surface area contributed by atoms with Gasteiger partial charge in [0.25, 0.3) is 0 Å². The van der Waals surface area contributed by atoms with E-state index in [1.165, 1.54) is 0 Å². The van der Waals surface area contributed by atoms with Crippen LogP contribution in [0.2, 0.25) is 0 Å². The van der Waals surface area contributed by atoms with Gasteiger partial charge in [-0.15, -0.1) is 11.6 Å². The van der Waals surface area contributed by atoms with Gasteiger partial charge in [0, 0.05) is 12.4 Å². The smallest absolute Gasteiger partial charge is 0.211 e. The summed E-state index contributed by atoms with van der Waals surface area (Å²) >= 11 is 5.75. The molecule has 1 N–H and O–H groups in total. The number of alkyl halides is 1. The number of hydrogen-bond donors (Lipinski definition) is 1. The van der Waals surface area contributed by atoms with Crippen molar-refractivity contribution >= 4 is 21.6 Å². The van der Waals surface area contributed by atoms with Gasteiger partial charge in [0.1, 0.15) is 0 Å². The van der Waals surface area contributed by atoms with E-state index in [9.17, 15) is 8.42 Å². The molecule has 0 aliphatic rings. The minimum Gasteiger partial charge on any atom is -0.211 e. The van der Waals surface area contributed by atoms with Gasteiger partial charge in [-0.2, -0.15) is 0 Å². The molecule has 0 heterocycles. The van der Waals surface area contributed by atoms with Crippen molar-refractivity contribution in [2.75, 3.05) is 12.4 Å². The van der Waals surface area contributed by atoms with Crippen molar-refractivity contribution in [3.63, 3.8) is 0 Å². The van der Waals surface area contributed by atoms with Crippen LogP contribution in [0.3, 0.4) is 0 Å². The lowest BCUT2D eigenvalue weighted by atomic mass is 9.97. The van der Waals surface area contributed by atoms with Crippen LogP contribution in [0.1, 0.15) is 19.4 Å². The second kappa shape index (κ2) is 5.38. The number of halogens is 1. The maximum atomic E-state index is 12.0. The molecule has 0 radical (unpaired) electrons. The summed E-state index contributed by atoms with van der Waals surface area (Å²) in [4.78, 5) is 0.286. The van der Waals surface area contributed by atoms with Gasteiger partial charge >= 0.3 is 0 Å². The molecule has 0 saturated heterocycles. The highest BCUT2D eigenvalue weighted by Crippen LogP contribution is 2.17. The van der Waals surface area contributed by atoms with Crippen LogP contribution in [0.15, 0.2) is 29.2 Å². The minimum absolute atomic E-state index is 0.251. The molecule has 3 nitrogen and oxygen atoms in total. The van der Waals surface area contributed by atoms with Crippen LogP contribution in [0, 0.1) is 12.3 Å². The zero-order valence-electron chi connectivity index (χ0n) is 10.3. The van der Waals surface area contributed by atoms with E-state index in [2.05, 4.69) is 4.72 Å². The Morgan fingerprint density at radius 2 is 1.76 bits per heavy atom. The normalized spacial score (nSPS) is 12.7. The largest absolute Gasteiger partial charge is 0.240 e. The molecule has 17 heavy (non-hydrogen) atoms. The predicted molar refractivity (Wildman–Crippen MR) is 70.9 cm³/mol. The third-order valence-electron chi connectivity index (χ3n) is 2.43. The summed E-state index contributed by atoms with van der Waals surface area (Å²) in [6.45, 7) is 6.07. The molecule has 1 rings (SSSR count). The second-order valence-electron chi connectivity index (χ2n) is 4.94. The zero-order chi connectivity index (χ0) is 13.1. The molecule has 0 aliphatic heterocycles. The number of sulfonamides is 1. The van der Waals surface area contributed by atoms with Gasteiger partial charge < -0.3 is 0 Å². The Kier molecular flexibility index (Phi) is 4.58. The molecule has 0 atom stereocenters. The summed E-state index contributed by atoms with van der Waals surface area (Å²) in [7, 11) is -3.43. The Morgan fingerprint density at radius 1 is 1.24 bits per heavy atom. The van der Waals surface area contributed by atoms with Crippen molar-refractivity contribution in [2.45, 2.75) is 25.7 Å². The van der Waals surface area contributed by atoms with Crippen molar-refractivity contribution in [1.29, 1.82) is 0 Å². The Morgan fingerprint density at radius 3 is 2.24 bits per heavy atom. The lowest BCUT2D eigenvalue weighted by Crippen LogP contribution is -2.35. The number of aryl methyl sites for hydroxylation is 1. The first-order valence-corrected chi connectivity index (χ1v) is 7.41. The molecule has 0 fully saturated rings. The van der Waals surface area contributed by atoms with E-state index in [-0.39, 0.29) is 10.3 Å². The van der Waals surface area contributed by atoms with E-state index in [0.29, 0.717) is 12.4 Å². The fourth-order valence-electron chi connectivity index (χ4n) is 1.14. The van der Waals surface area contributed by atoms with Gasteiger partial charge in [-0.3, -0.25) is 0 Å². The van der Waals surface area contributed by atoms with Gasteiger partial charge in [0.05, 0.1) is 4.90 Å². The van der Waals surface area contributed by atoms with E-state index in [4.69, 9.17) is 11.6 Å². The molecule has 1 aromatic carbocycles. The molecule has 0 bridgehead atoms. The summed E-state index contributed by atoms with van der Waals surface area (Å²) in [5.41, 5.74) is 0.782. The lowest BCUT2D eigenvalue weighted by molar-refractivity contribution is 0.414. The zero-order valence-corrected chi connectivity index (χ0v) is 11.9. The Balaban J connectivity index is 2.79. The molecule has 0 amide bonds. The molecular formula is C12H18ClNO2S. The number of hydrogen-bond acceptors (Lipinski definition) is 2. The van der Waals surface area contributed by atoms with Crippen molar-refractivity contribution in [3.8, 4) is 0 Å². The first-order chi connectivity index (χ1) is 7.77. The monoisotopic (exact) mass is 275 g/mol. The van der Waals surface area contributed by atoms with E-state index in [0.717, 1.165) is 5.56 Å². The third kappa shape index (κ3) is 4.30. The third-order valence-corrected chi connectivity index (χ3v) is 4.57. The summed E-state index contributed by atoms with van der Waals surface area (Å²) < 4.78 is 26.5. The fourth-order valence-corrected chi connectivity index (χ4v) is 2.47. The van der Waals surface area contributed by atoms with Crippen LogP contribution < -0.4 is 4.72 Å². The molecule has 0 saturated carbocycles. The molecule has 0 unspecified atom stereocenters. The first-order valence-electron chi connectivity index (χ1n) is 5.39. The van der Waals surface area contributed by atoms with E-state index in [1.807, 2.05) is 20.8 Å². The first kappa shape index (κ1) is 14.5. The second-order valence-corrected chi connectivity index (χ2v) is 6.97. The van der Waals surface area contributed by atoms with Crippen LogP contribution in [0.25, 0.3) is 0 Å². The number of rotatable bonds is 5. The highest BCUT2D eigenvalue weighted by Gasteiger charge is 2.21. The summed E-state index contributed by atoms with van der Waals surface area (Å²) in [5.74, 6) is 0.406. The molecule has 96 valence electrons. The predicted octanol–water partition coefficient (Wildman–Crippen LogP) is 2.54. The summed E-state index contributed by atoms with van der Waals surface area (Å²) in [5, 5.41) is 0. The van der Waals surface area contributed by atoms with Gasteiger partial charge in [-0.25, -0.2) is 13.1 Å². The van der Waals surface area contributed by atoms with E-state index < -0.39 is 10.0 Å². The van der Waals surface area contributed by atoms with Gasteiger partial charge in [-0.1, -0.05) is 31.5 Å². The maximum absolute atomic E-state index is 12.0. The Labute approximate surface area is 108 Å². The Bertz CT molecular complexity index is 466.